The molecular weight excluding hydrogens is 293 g/mol. The summed E-state index contributed by atoms with van der Waals surface area (Å²) in [5, 5.41) is 14.2. The van der Waals surface area contributed by atoms with E-state index >= 15 is 0 Å². The SMILES string of the molecule is OC(c1ccncc1)(c1cccc(Cl)c1F)C1CN=CN1. The van der Waals surface area contributed by atoms with Gasteiger partial charge in [0.1, 0.15) is 11.4 Å². The number of nitrogens with one attached hydrogen (secondary N) is 1. The normalized spacial score (nSPS) is 20.0. The second-order valence-electron chi connectivity index (χ2n) is 4.82. The zero-order valence-electron chi connectivity index (χ0n) is 11.0. The highest BCUT2D eigenvalue weighted by Crippen LogP contribution is 2.37. The quantitative estimate of drug-likeness (QED) is 0.913. The van der Waals surface area contributed by atoms with Crippen molar-refractivity contribution in [2.24, 2.45) is 4.99 Å². The van der Waals surface area contributed by atoms with Crippen LogP contribution in [0.15, 0.2) is 47.7 Å². The van der Waals surface area contributed by atoms with Gasteiger partial charge in [0.25, 0.3) is 0 Å². The van der Waals surface area contributed by atoms with Crippen molar-refractivity contribution in [3.8, 4) is 0 Å². The topological polar surface area (TPSA) is 57.5 Å². The van der Waals surface area contributed by atoms with E-state index in [9.17, 15) is 9.50 Å². The molecule has 2 N–H and O–H groups in total. The van der Waals surface area contributed by atoms with Gasteiger partial charge in [-0.25, -0.2) is 4.39 Å². The maximum Gasteiger partial charge on any atom is 0.148 e. The van der Waals surface area contributed by atoms with E-state index in [0.29, 0.717) is 12.1 Å². The van der Waals surface area contributed by atoms with Gasteiger partial charge in [0.05, 0.1) is 23.9 Å². The van der Waals surface area contributed by atoms with Crippen LogP contribution in [0.1, 0.15) is 11.1 Å². The van der Waals surface area contributed by atoms with Crippen molar-refractivity contribution in [2.75, 3.05) is 6.54 Å². The average Bonchev–Trinajstić information content (AvgIpc) is 3.05. The Morgan fingerprint density at radius 2 is 2.05 bits per heavy atom. The second kappa shape index (κ2) is 5.42. The molecule has 2 aromatic rings. The van der Waals surface area contributed by atoms with Crippen LogP contribution in [-0.2, 0) is 5.60 Å². The molecule has 0 bridgehead atoms. The summed E-state index contributed by atoms with van der Waals surface area (Å²) < 4.78 is 14.5. The number of hydrogen-bond donors (Lipinski definition) is 2. The fourth-order valence-corrected chi connectivity index (χ4v) is 2.73. The molecule has 0 spiro atoms. The first-order valence-electron chi connectivity index (χ1n) is 6.45. The van der Waals surface area contributed by atoms with Crippen molar-refractivity contribution < 1.29 is 9.50 Å². The summed E-state index contributed by atoms with van der Waals surface area (Å²) in [5.41, 5.74) is -0.945. The number of hydrogen-bond acceptors (Lipinski definition) is 4. The molecule has 0 radical (unpaired) electrons. The number of nitrogens with zero attached hydrogens (tertiary/aromatic N) is 2. The van der Waals surface area contributed by atoms with Crippen molar-refractivity contribution in [2.45, 2.75) is 11.6 Å². The molecule has 2 unspecified atom stereocenters. The maximum atomic E-state index is 14.5. The Kier molecular flexibility index (Phi) is 3.61. The van der Waals surface area contributed by atoms with Crippen LogP contribution >= 0.6 is 11.6 Å². The Bertz CT molecular complexity index is 672. The third kappa shape index (κ3) is 2.28. The summed E-state index contributed by atoms with van der Waals surface area (Å²) in [5.74, 6) is -0.632. The number of aliphatic hydroxyl groups is 1. The molecule has 0 aliphatic carbocycles. The third-order valence-electron chi connectivity index (χ3n) is 3.64. The van der Waals surface area contributed by atoms with Crippen LogP contribution in [0.25, 0.3) is 0 Å². The van der Waals surface area contributed by atoms with E-state index in [1.807, 2.05) is 0 Å². The molecular formula is C15H13ClFN3O. The lowest BCUT2D eigenvalue weighted by Crippen LogP contribution is -2.48. The Balaban J connectivity index is 2.19. The van der Waals surface area contributed by atoms with Gasteiger partial charge in [0.15, 0.2) is 0 Å². The molecule has 108 valence electrons. The first kappa shape index (κ1) is 14.0. The Morgan fingerprint density at radius 3 is 2.71 bits per heavy atom. The van der Waals surface area contributed by atoms with E-state index in [1.54, 1.807) is 30.6 Å². The lowest BCUT2D eigenvalue weighted by atomic mass is 9.80. The van der Waals surface area contributed by atoms with Gasteiger partial charge in [-0.05, 0) is 23.8 Å². The van der Waals surface area contributed by atoms with Crippen LogP contribution in [0.3, 0.4) is 0 Å². The molecule has 2 heterocycles. The van der Waals surface area contributed by atoms with Crippen LogP contribution in [-0.4, -0.2) is 29.0 Å². The van der Waals surface area contributed by atoms with Gasteiger partial charge >= 0.3 is 0 Å². The van der Waals surface area contributed by atoms with E-state index in [1.165, 1.54) is 18.5 Å². The summed E-state index contributed by atoms with van der Waals surface area (Å²) >= 11 is 5.86. The zero-order valence-corrected chi connectivity index (χ0v) is 11.8. The number of rotatable bonds is 3. The Morgan fingerprint density at radius 1 is 1.29 bits per heavy atom. The van der Waals surface area contributed by atoms with Gasteiger partial charge in [0, 0.05) is 18.0 Å². The Labute approximate surface area is 126 Å². The van der Waals surface area contributed by atoms with Crippen LogP contribution in [0.2, 0.25) is 5.02 Å². The lowest BCUT2D eigenvalue weighted by molar-refractivity contribution is 0.0471. The minimum Gasteiger partial charge on any atom is -0.378 e. The smallest absolute Gasteiger partial charge is 0.148 e. The third-order valence-corrected chi connectivity index (χ3v) is 3.93. The molecule has 1 aromatic carbocycles. The molecule has 2 atom stereocenters. The van der Waals surface area contributed by atoms with Crippen molar-refractivity contribution in [3.63, 3.8) is 0 Å². The first-order valence-corrected chi connectivity index (χ1v) is 6.83. The number of benzene rings is 1. The van der Waals surface area contributed by atoms with E-state index in [-0.39, 0.29) is 10.6 Å². The maximum absolute atomic E-state index is 14.5. The largest absolute Gasteiger partial charge is 0.378 e. The molecule has 0 saturated carbocycles. The molecule has 0 amide bonds. The van der Waals surface area contributed by atoms with Gasteiger partial charge in [0.2, 0.25) is 0 Å². The van der Waals surface area contributed by atoms with Gasteiger partial charge in [-0.2, -0.15) is 0 Å². The van der Waals surface area contributed by atoms with Crippen LogP contribution in [0.5, 0.6) is 0 Å². The van der Waals surface area contributed by atoms with Crippen molar-refractivity contribution in [3.05, 3.63) is 64.7 Å². The van der Waals surface area contributed by atoms with E-state index in [0.717, 1.165) is 0 Å². The highest BCUT2D eigenvalue weighted by Gasteiger charge is 2.43. The van der Waals surface area contributed by atoms with E-state index in [2.05, 4.69) is 15.3 Å². The van der Waals surface area contributed by atoms with Crippen molar-refractivity contribution in [1.82, 2.24) is 10.3 Å². The molecule has 1 aromatic heterocycles. The predicted octanol–water partition coefficient (Wildman–Crippen LogP) is 2.11. The number of pyridine rings is 1. The molecule has 0 saturated heterocycles. The minimum atomic E-state index is -1.59. The number of aromatic nitrogens is 1. The second-order valence-corrected chi connectivity index (χ2v) is 5.22. The number of halogens is 2. The van der Waals surface area contributed by atoms with Gasteiger partial charge < -0.3 is 10.4 Å². The van der Waals surface area contributed by atoms with Gasteiger partial charge in [-0.3, -0.25) is 9.98 Å². The zero-order chi connectivity index (χ0) is 14.9. The van der Waals surface area contributed by atoms with E-state index in [4.69, 9.17) is 11.6 Å². The van der Waals surface area contributed by atoms with Gasteiger partial charge in [-0.15, -0.1) is 0 Å². The molecule has 3 rings (SSSR count). The van der Waals surface area contributed by atoms with E-state index < -0.39 is 17.5 Å². The van der Waals surface area contributed by atoms with Gasteiger partial charge in [-0.1, -0.05) is 23.7 Å². The minimum absolute atomic E-state index is 0.0288. The highest BCUT2D eigenvalue weighted by atomic mass is 35.5. The molecule has 1 aliphatic rings. The highest BCUT2D eigenvalue weighted by molar-refractivity contribution is 6.30. The van der Waals surface area contributed by atoms with Crippen LogP contribution in [0.4, 0.5) is 4.39 Å². The summed E-state index contributed by atoms with van der Waals surface area (Å²) in [6.45, 7) is 0.338. The van der Waals surface area contributed by atoms with Crippen molar-refractivity contribution in [1.29, 1.82) is 0 Å². The lowest BCUT2D eigenvalue weighted by Gasteiger charge is -2.35. The Hall–Kier alpha value is -1.98. The molecule has 6 heteroatoms. The molecule has 21 heavy (non-hydrogen) atoms. The fraction of sp³-hybridized carbons (Fsp3) is 0.200. The monoisotopic (exact) mass is 305 g/mol. The molecule has 1 aliphatic heterocycles. The fourth-order valence-electron chi connectivity index (χ4n) is 2.55. The van der Waals surface area contributed by atoms with Crippen molar-refractivity contribution >= 4 is 17.9 Å². The summed E-state index contributed by atoms with van der Waals surface area (Å²) in [6.07, 6.45) is 4.62. The average molecular weight is 306 g/mol. The van der Waals surface area contributed by atoms with Crippen LogP contribution in [0, 0.1) is 5.82 Å². The van der Waals surface area contributed by atoms with Crippen LogP contribution < -0.4 is 5.32 Å². The summed E-state index contributed by atoms with van der Waals surface area (Å²) in [6, 6.07) is 7.42. The first-order chi connectivity index (χ1) is 10.1. The summed E-state index contributed by atoms with van der Waals surface area (Å²) in [4.78, 5) is 8.00. The predicted molar refractivity (Wildman–Crippen MR) is 78.9 cm³/mol. The molecule has 4 nitrogen and oxygen atoms in total. The molecule has 0 fully saturated rings. The summed E-state index contributed by atoms with van der Waals surface area (Å²) in [7, 11) is 0. The number of aliphatic imine (C=N–C) groups is 1. The standard InChI is InChI=1S/C15H13ClFN3O/c16-12-3-1-2-11(14(12)17)15(21,13-8-19-9-20-13)10-4-6-18-7-5-10/h1-7,9,13,21H,8H2,(H,19,20).